The molecule has 0 radical (unpaired) electrons. The molecule has 1 aromatic heterocycles. The van der Waals surface area contributed by atoms with Crippen molar-refractivity contribution < 1.29 is 4.79 Å². The largest absolute Gasteiger partial charge is 0.324 e. The van der Waals surface area contributed by atoms with Crippen molar-refractivity contribution in [2.75, 3.05) is 16.8 Å². The van der Waals surface area contributed by atoms with Gasteiger partial charge in [0.2, 0.25) is 5.91 Å². The predicted octanol–water partition coefficient (Wildman–Crippen LogP) is 4.23. The van der Waals surface area contributed by atoms with Crippen molar-refractivity contribution in [3.8, 4) is 11.8 Å². The Balaban J connectivity index is 1.68. The van der Waals surface area contributed by atoms with Gasteiger partial charge in [0, 0.05) is 10.6 Å². The number of thioether (sulfide) groups is 2. The van der Waals surface area contributed by atoms with Crippen LogP contribution in [-0.2, 0) is 4.79 Å². The number of aryl methyl sites for hydroxylation is 2. The minimum Gasteiger partial charge on any atom is -0.324 e. The summed E-state index contributed by atoms with van der Waals surface area (Å²) in [6.07, 6.45) is 0. The van der Waals surface area contributed by atoms with E-state index in [-0.39, 0.29) is 11.7 Å². The summed E-state index contributed by atoms with van der Waals surface area (Å²) in [5, 5.41) is 20.7. The molecule has 0 aliphatic heterocycles. The van der Waals surface area contributed by atoms with Gasteiger partial charge in [-0.1, -0.05) is 41.6 Å². The van der Waals surface area contributed by atoms with E-state index in [9.17, 15) is 4.79 Å². The molecule has 0 saturated carbocycles. The molecule has 3 rings (SSSR count). The Morgan fingerprint density at radius 3 is 2.61 bits per heavy atom. The van der Waals surface area contributed by atoms with Gasteiger partial charge < -0.3 is 5.32 Å². The van der Waals surface area contributed by atoms with E-state index in [0.717, 1.165) is 16.4 Å². The number of amides is 1. The van der Waals surface area contributed by atoms with Crippen molar-refractivity contribution >= 4 is 35.1 Å². The summed E-state index contributed by atoms with van der Waals surface area (Å²) in [7, 11) is 0. The third kappa shape index (κ3) is 4.94. The monoisotopic (exact) mass is 409 g/mol. The van der Waals surface area contributed by atoms with E-state index in [2.05, 4.69) is 21.6 Å². The molecular weight excluding hydrogens is 390 g/mol. The molecule has 0 aliphatic rings. The number of hydrogen-bond donors (Lipinski definition) is 1. The predicted molar refractivity (Wildman–Crippen MR) is 113 cm³/mol. The molecule has 142 valence electrons. The van der Waals surface area contributed by atoms with Crippen molar-refractivity contribution in [3.05, 3.63) is 59.9 Å². The number of rotatable bonds is 7. The quantitative estimate of drug-likeness (QED) is 0.588. The fraction of sp³-hybridized carbons (Fsp3) is 0.200. The smallest absolute Gasteiger partial charge is 0.234 e. The number of anilines is 1. The lowest BCUT2D eigenvalue weighted by Crippen LogP contribution is -2.15. The third-order valence-corrected chi connectivity index (χ3v) is 5.74. The van der Waals surface area contributed by atoms with Gasteiger partial charge in [-0.25, -0.2) is 0 Å². The van der Waals surface area contributed by atoms with Gasteiger partial charge in [0.15, 0.2) is 5.16 Å². The standard InChI is InChI=1S/C20H19N5OS2/c1-14-7-9-16(10-8-14)25-15(2)23-24-20(25)28-13-19(26)22-17-5-3-4-6-18(17)27-12-11-21/h3-10H,12-13H2,1-2H3,(H,22,26). The molecule has 1 N–H and O–H groups in total. The van der Waals surface area contributed by atoms with E-state index in [1.165, 1.54) is 29.1 Å². The maximum atomic E-state index is 12.4. The number of aromatic nitrogens is 3. The number of nitrogens with zero attached hydrogens (tertiary/aromatic N) is 4. The van der Waals surface area contributed by atoms with Crippen LogP contribution in [-0.4, -0.2) is 32.2 Å². The zero-order valence-corrected chi connectivity index (χ0v) is 17.2. The van der Waals surface area contributed by atoms with Crippen molar-refractivity contribution in [1.82, 2.24) is 14.8 Å². The minimum atomic E-state index is -0.133. The first kappa shape index (κ1) is 20.0. The summed E-state index contributed by atoms with van der Waals surface area (Å²) in [6.45, 7) is 3.93. The number of carbonyl (C=O) groups excluding carboxylic acids is 1. The average molecular weight is 410 g/mol. The highest BCUT2D eigenvalue weighted by molar-refractivity contribution is 8.00. The molecule has 0 fully saturated rings. The van der Waals surface area contributed by atoms with Crippen LogP contribution < -0.4 is 5.32 Å². The summed E-state index contributed by atoms with van der Waals surface area (Å²) in [6, 6.07) is 17.7. The minimum absolute atomic E-state index is 0.133. The number of nitrogens with one attached hydrogen (secondary N) is 1. The molecular formula is C20H19N5OS2. The SMILES string of the molecule is Cc1ccc(-n2c(C)nnc2SCC(=O)Nc2ccccc2SCC#N)cc1. The number of para-hydroxylation sites is 1. The first-order valence-electron chi connectivity index (χ1n) is 8.59. The normalized spacial score (nSPS) is 10.5. The van der Waals surface area contributed by atoms with E-state index in [1.54, 1.807) is 0 Å². The van der Waals surface area contributed by atoms with Crippen LogP contribution in [0.4, 0.5) is 5.69 Å². The lowest BCUT2D eigenvalue weighted by molar-refractivity contribution is -0.113. The van der Waals surface area contributed by atoms with Crippen LogP contribution in [0.2, 0.25) is 0 Å². The first-order valence-corrected chi connectivity index (χ1v) is 10.6. The highest BCUT2D eigenvalue weighted by Gasteiger charge is 2.14. The molecule has 0 spiro atoms. The van der Waals surface area contributed by atoms with Crippen LogP contribution in [0.25, 0.3) is 5.69 Å². The summed E-state index contributed by atoms with van der Waals surface area (Å²) in [5.74, 6) is 1.18. The van der Waals surface area contributed by atoms with E-state index in [4.69, 9.17) is 5.26 Å². The molecule has 0 atom stereocenters. The van der Waals surface area contributed by atoms with E-state index in [0.29, 0.717) is 16.6 Å². The molecule has 3 aromatic rings. The number of benzene rings is 2. The second-order valence-electron chi connectivity index (χ2n) is 5.98. The Bertz CT molecular complexity index is 1010. The van der Waals surface area contributed by atoms with Crippen molar-refractivity contribution in [3.63, 3.8) is 0 Å². The Morgan fingerprint density at radius 1 is 1.11 bits per heavy atom. The lowest BCUT2D eigenvalue weighted by atomic mass is 10.2. The number of carbonyl (C=O) groups is 1. The Kier molecular flexibility index (Phi) is 6.74. The Labute approximate surface area is 172 Å². The van der Waals surface area contributed by atoms with Crippen LogP contribution in [0.3, 0.4) is 0 Å². The van der Waals surface area contributed by atoms with Gasteiger partial charge in [0.25, 0.3) is 0 Å². The number of nitriles is 1. The van der Waals surface area contributed by atoms with E-state index in [1.807, 2.05) is 66.9 Å². The summed E-state index contributed by atoms with van der Waals surface area (Å²) < 4.78 is 1.94. The van der Waals surface area contributed by atoms with Crippen LogP contribution in [0.1, 0.15) is 11.4 Å². The molecule has 0 bridgehead atoms. The molecule has 2 aromatic carbocycles. The van der Waals surface area contributed by atoms with E-state index >= 15 is 0 Å². The van der Waals surface area contributed by atoms with Gasteiger partial charge in [0.05, 0.1) is 23.3 Å². The summed E-state index contributed by atoms with van der Waals surface area (Å²) in [4.78, 5) is 13.3. The van der Waals surface area contributed by atoms with Gasteiger partial charge >= 0.3 is 0 Å². The third-order valence-electron chi connectivity index (χ3n) is 3.87. The Morgan fingerprint density at radius 2 is 1.86 bits per heavy atom. The maximum absolute atomic E-state index is 12.4. The molecule has 28 heavy (non-hydrogen) atoms. The van der Waals surface area contributed by atoms with Crippen molar-refractivity contribution in [2.24, 2.45) is 0 Å². The Hall–Kier alpha value is -2.76. The fourth-order valence-electron chi connectivity index (χ4n) is 2.55. The summed E-state index contributed by atoms with van der Waals surface area (Å²) >= 11 is 2.73. The van der Waals surface area contributed by atoms with Gasteiger partial charge in [-0.3, -0.25) is 9.36 Å². The second kappa shape index (κ2) is 9.44. The number of hydrogen-bond acceptors (Lipinski definition) is 6. The zero-order chi connectivity index (χ0) is 19.9. The zero-order valence-electron chi connectivity index (χ0n) is 15.5. The van der Waals surface area contributed by atoms with Gasteiger partial charge in [-0.05, 0) is 38.1 Å². The fourth-order valence-corrected chi connectivity index (χ4v) is 4.02. The lowest BCUT2D eigenvalue weighted by Gasteiger charge is -2.10. The van der Waals surface area contributed by atoms with Crippen molar-refractivity contribution in [2.45, 2.75) is 23.9 Å². The molecule has 6 nitrogen and oxygen atoms in total. The molecule has 0 unspecified atom stereocenters. The van der Waals surface area contributed by atoms with Gasteiger partial charge in [-0.2, -0.15) is 5.26 Å². The van der Waals surface area contributed by atoms with Gasteiger partial charge in [-0.15, -0.1) is 22.0 Å². The van der Waals surface area contributed by atoms with Crippen LogP contribution in [0.5, 0.6) is 0 Å². The molecule has 8 heteroatoms. The van der Waals surface area contributed by atoms with E-state index < -0.39 is 0 Å². The highest BCUT2D eigenvalue weighted by Crippen LogP contribution is 2.27. The molecule has 1 heterocycles. The first-order chi connectivity index (χ1) is 13.6. The average Bonchev–Trinajstić information content (AvgIpc) is 3.07. The highest BCUT2D eigenvalue weighted by atomic mass is 32.2. The topological polar surface area (TPSA) is 83.6 Å². The molecule has 0 aliphatic carbocycles. The van der Waals surface area contributed by atoms with Crippen molar-refractivity contribution in [1.29, 1.82) is 5.26 Å². The van der Waals surface area contributed by atoms with Crippen LogP contribution >= 0.6 is 23.5 Å². The van der Waals surface area contributed by atoms with Gasteiger partial charge in [0.1, 0.15) is 5.82 Å². The second-order valence-corrected chi connectivity index (χ2v) is 7.94. The summed E-state index contributed by atoms with van der Waals surface area (Å²) in [5.41, 5.74) is 2.86. The maximum Gasteiger partial charge on any atom is 0.234 e. The van der Waals surface area contributed by atoms with Crippen LogP contribution in [0, 0.1) is 25.2 Å². The molecule has 1 amide bonds. The van der Waals surface area contributed by atoms with Crippen LogP contribution in [0.15, 0.2) is 58.6 Å². The molecule has 0 saturated heterocycles.